The molecule has 0 radical (unpaired) electrons. The van der Waals surface area contributed by atoms with Gasteiger partial charge in [-0.2, -0.15) is 0 Å². The fourth-order valence-corrected chi connectivity index (χ4v) is 3.03. The van der Waals surface area contributed by atoms with Crippen molar-refractivity contribution in [2.45, 2.75) is 12.5 Å². The van der Waals surface area contributed by atoms with E-state index in [1.54, 1.807) is 0 Å². The summed E-state index contributed by atoms with van der Waals surface area (Å²) in [4.78, 5) is 0. The predicted octanol–water partition coefficient (Wildman–Crippen LogP) is 5.91. The van der Waals surface area contributed by atoms with Crippen LogP contribution in [0.2, 0.25) is 15.1 Å². The number of nitrogens with one attached hydrogen (secondary N) is 1. The van der Waals surface area contributed by atoms with Crippen LogP contribution in [0.5, 0.6) is 0 Å². The molecule has 1 unspecified atom stereocenters. The third-order valence-corrected chi connectivity index (χ3v) is 5.11. The molecule has 0 aliphatic rings. The van der Waals surface area contributed by atoms with E-state index in [-0.39, 0.29) is 6.04 Å². The van der Waals surface area contributed by atoms with Crippen LogP contribution in [0.4, 0.5) is 0 Å². The topological polar surface area (TPSA) is 12.0 Å². The maximum absolute atomic E-state index is 6.23. The molecule has 0 aliphatic carbocycles. The fourth-order valence-electron chi connectivity index (χ4n) is 2.05. The molecule has 0 bridgehead atoms. The molecule has 0 saturated heterocycles. The average molecular weight is 394 g/mol. The highest BCUT2D eigenvalue weighted by Crippen LogP contribution is 2.31. The molecule has 0 spiro atoms. The summed E-state index contributed by atoms with van der Waals surface area (Å²) in [6.45, 7) is 0. The van der Waals surface area contributed by atoms with Gasteiger partial charge >= 0.3 is 0 Å². The second-order valence-electron chi connectivity index (χ2n) is 4.42. The summed E-state index contributed by atoms with van der Waals surface area (Å²) in [5, 5.41) is 5.33. The second-order valence-corrected chi connectivity index (χ2v) is 6.50. The van der Waals surface area contributed by atoms with E-state index < -0.39 is 0 Å². The molecule has 0 saturated carbocycles. The van der Waals surface area contributed by atoms with Crippen molar-refractivity contribution < 1.29 is 0 Å². The van der Waals surface area contributed by atoms with Crippen molar-refractivity contribution in [3.63, 3.8) is 0 Å². The molecule has 20 heavy (non-hydrogen) atoms. The Morgan fingerprint density at radius 3 is 2.25 bits per heavy atom. The van der Waals surface area contributed by atoms with Crippen LogP contribution in [0.25, 0.3) is 0 Å². The highest BCUT2D eigenvalue weighted by molar-refractivity contribution is 9.10. The van der Waals surface area contributed by atoms with Crippen molar-refractivity contribution in [1.29, 1.82) is 0 Å². The van der Waals surface area contributed by atoms with E-state index in [0.29, 0.717) is 21.5 Å². The summed E-state index contributed by atoms with van der Waals surface area (Å²) in [5.74, 6) is 0. The van der Waals surface area contributed by atoms with Gasteiger partial charge in [0, 0.05) is 20.6 Å². The van der Waals surface area contributed by atoms with Gasteiger partial charge in [-0.3, -0.25) is 0 Å². The zero-order chi connectivity index (χ0) is 14.7. The quantitative estimate of drug-likeness (QED) is 0.681. The monoisotopic (exact) mass is 391 g/mol. The minimum Gasteiger partial charge on any atom is -0.313 e. The molecular formula is C15H13BrCl3N. The van der Waals surface area contributed by atoms with Gasteiger partial charge in [0.05, 0.1) is 5.02 Å². The van der Waals surface area contributed by atoms with Crippen molar-refractivity contribution in [2.75, 3.05) is 7.05 Å². The van der Waals surface area contributed by atoms with Gasteiger partial charge in [-0.1, -0.05) is 46.9 Å². The SMILES string of the molecule is CNC(Cc1c(Cl)cccc1Cl)c1ccc(Br)c(Cl)c1. The van der Waals surface area contributed by atoms with Crippen molar-refractivity contribution in [3.05, 3.63) is 67.1 Å². The van der Waals surface area contributed by atoms with Crippen molar-refractivity contribution in [1.82, 2.24) is 5.32 Å². The van der Waals surface area contributed by atoms with Crippen molar-refractivity contribution in [2.24, 2.45) is 0 Å². The number of likely N-dealkylation sites (N-methyl/N-ethyl adjacent to an activating group) is 1. The molecule has 106 valence electrons. The fraction of sp³-hybridized carbons (Fsp3) is 0.200. The highest BCUT2D eigenvalue weighted by Gasteiger charge is 2.15. The Morgan fingerprint density at radius 1 is 1.05 bits per heavy atom. The van der Waals surface area contributed by atoms with Gasteiger partial charge in [0.1, 0.15) is 0 Å². The lowest BCUT2D eigenvalue weighted by molar-refractivity contribution is 0.592. The summed E-state index contributed by atoms with van der Waals surface area (Å²) >= 11 is 22.0. The van der Waals surface area contributed by atoms with Gasteiger partial charge in [0.25, 0.3) is 0 Å². The molecule has 5 heteroatoms. The van der Waals surface area contributed by atoms with Gasteiger partial charge in [0.15, 0.2) is 0 Å². The van der Waals surface area contributed by atoms with E-state index in [1.807, 2.05) is 43.4 Å². The van der Waals surface area contributed by atoms with Gasteiger partial charge in [-0.05, 0) is 64.8 Å². The van der Waals surface area contributed by atoms with Gasteiger partial charge in [-0.15, -0.1) is 0 Å². The first kappa shape index (κ1) is 16.1. The van der Waals surface area contributed by atoms with Crippen LogP contribution < -0.4 is 5.32 Å². The zero-order valence-electron chi connectivity index (χ0n) is 10.8. The van der Waals surface area contributed by atoms with Crippen LogP contribution in [-0.2, 0) is 6.42 Å². The first-order chi connectivity index (χ1) is 9.52. The van der Waals surface area contributed by atoms with E-state index in [4.69, 9.17) is 34.8 Å². The number of hydrogen-bond acceptors (Lipinski definition) is 1. The summed E-state index contributed by atoms with van der Waals surface area (Å²) < 4.78 is 0.883. The Hall–Kier alpha value is -0.250. The molecule has 2 aromatic rings. The Kier molecular flexibility index (Phi) is 5.76. The van der Waals surface area contributed by atoms with Gasteiger partial charge < -0.3 is 5.32 Å². The maximum atomic E-state index is 6.23. The number of halogens is 4. The minimum atomic E-state index is 0.0954. The third-order valence-electron chi connectivity index (χ3n) is 3.16. The first-order valence-electron chi connectivity index (χ1n) is 6.08. The average Bonchev–Trinajstić information content (AvgIpc) is 2.42. The molecule has 2 aromatic carbocycles. The van der Waals surface area contributed by atoms with Crippen LogP contribution in [0.15, 0.2) is 40.9 Å². The summed E-state index contributed by atoms with van der Waals surface area (Å²) in [6, 6.07) is 11.6. The molecule has 0 fully saturated rings. The van der Waals surface area contributed by atoms with Crippen LogP contribution >= 0.6 is 50.7 Å². The highest BCUT2D eigenvalue weighted by atomic mass is 79.9. The number of benzene rings is 2. The molecule has 2 rings (SSSR count). The molecule has 1 nitrogen and oxygen atoms in total. The molecule has 0 aromatic heterocycles. The van der Waals surface area contributed by atoms with Crippen LogP contribution in [0.1, 0.15) is 17.2 Å². The zero-order valence-corrected chi connectivity index (χ0v) is 14.6. The summed E-state index contributed by atoms with van der Waals surface area (Å²) in [5.41, 5.74) is 2.03. The smallest absolute Gasteiger partial charge is 0.0551 e. The molecule has 1 atom stereocenters. The Balaban J connectivity index is 2.31. The number of rotatable bonds is 4. The Labute approximate surface area is 142 Å². The summed E-state index contributed by atoms with van der Waals surface area (Å²) in [6.07, 6.45) is 0.701. The standard InChI is InChI=1S/C15H13BrCl3N/c1-20-15(9-5-6-11(16)14(19)7-9)8-10-12(17)3-2-4-13(10)18/h2-7,15,20H,8H2,1H3. The van der Waals surface area contributed by atoms with Crippen LogP contribution in [0.3, 0.4) is 0 Å². The molecular weight excluding hydrogens is 380 g/mol. The first-order valence-corrected chi connectivity index (χ1v) is 8.00. The van der Waals surface area contributed by atoms with E-state index in [9.17, 15) is 0 Å². The minimum absolute atomic E-state index is 0.0954. The third kappa shape index (κ3) is 3.69. The van der Waals surface area contributed by atoms with E-state index in [2.05, 4.69) is 21.2 Å². The van der Waals surface area contributed by atoms with Crippen LogP contribution in [-0.4, -0.2) is 7.05 Å². The Morgan fingerprint density at radius 2 is 1.70 bits per heavy atom. The largest absolute Gasteiger partial charge is 0.313 e. The lowest BCUT2D eigenvalue weighted by Gasteiger charge is -2.19. The maximum Gasteiger partial charge on any atom is 0.0551 e. The van der Waals surface area contributed by atoms with Gasteiger partial charge in [-0.25, -0.2) is 0 Å². The van der Waals surface area contributed by atoms with E-state index in [1.165, 1.54) is 0 Å². The molecule has 0 aliphatic heterocycles. The van der Waals surface area contributed by atoms with Crippen molar-refractivity contribution >= 4 is 50.7 Å². The van der Waals surface area contributed by atoms with Crippen LogP contribution in [0, 0.1) is 0 Å². The van der Waals surface area contributed by atoms with E-state index >= 15 is 0 Å². The number of hydrogen-bond donors (Lipinski definition) is 1. The lowest BCUT2D eigenvalue weighted by Crippen LogP contribution is -2.19. The van der Waals surface area contributed by atoms with Crippen molar-refractivity contribution in [3.8, 4) is 0 Å². The lowest BCUT2D eigenvalue weighted by atomic mass is 9.99. The summed E-state index contributed by atoms with van der Waals surface area (Å²) in [7, 11) is 1.91. The predicted molar refractivity (Wildman–Crippen MR) is 91.1 cm³/mol. The normalized spacial score (nSPS) is 12.4. The van der Waals surface area contributed by atoms with Gasteiger partial charge in [0.2, 0.25) is 0 Å². The molecule has 0 amide bonds. The second kappa shape index (κ2) is 7.15. The Bertz CT molecular complexity index is 596. The molecule has 1 N–H and O–H groups in total. The molecule has 0 heterocycles. The van der Waals surface area contributed by atoms with E-state index in [0.717, 1.165) is 15.6 Å².